The normalized spacial score (nSPS) is 8.58. The predicted octanol–water partition coefficient (Wildman–Crippen LogP) is 1.92. The van der Waals surface area contributed by atoms with Gasteiger partial charge in [0, 0.05) is 0 Å². The summed E-state index contributed by atoms with van der Waals surface area (Å²) in [6.07, 6.45) is 0.828. The van der Waals surface area contributed by atoms with Crippen molar-refractivity contribution in [3.63, 3.8) is 0 Å². The van der Waals surface area contributed by atoms with E-state index >= 15 is 0 Å². The first-order valence-corrected chi connectivity index (χ1v) is 4.31. The molecule has 0 radical (unpaired) electrons. The van der Waals surface area contributed by atoms with Gasteiger partial charge in [0.2, 0.25) is 0 Å². The number of aromatic hydroxyl groups is 1. The summed E-state index contributed by atoms with van der Waals surface area (Å²) in [5.41, 5.74) is 6.41. The lowest BCUT2D eigenvalue weighted by atomic mass is 10.1. The Kier molecular flexibility index (Phi) is 6.11. The Morgan fingerprint density at radius 3 is 2.50 bits per heavy atom. The smallest absolute Gasteiger partial charge is 0.115 e. The van der Waals surface area contributed by atoms with Crippen LogP contribution in [0.2, 0.25) is 0 Å². The topological polar surface area (TPSA) is 46.2 Å². The van der Waals surface area contributed by atoms with E-state index in [0.29, 0.717) is 12.3 Å². The number of nitrogens with two attached hydrogens (primary N) is 1. The maximum absolute atomic E-state index is 9.00. The summed E-state index contributed by atoms with van der Waals surface area (Å²) in [5, 5.41) is 9.00. The van der Waals surface area contributed by atoms with Crippen LogP contribution in [-0.4, -0.2) is 11.7 Å². The minimum absolute atomic E-state index is 0.311. The molecule has 0 aliphatic heterocycles. The monoisotopic (exact) mass is 167 g/mol. The molecule has 0 aliphatic rings. The second-order valence-corrected chi connectivity index (χ2v) is 2.21. The lowest BCUT2D eigenvalue weighted by Gasteiger charge is -1.97. The van der Waals surface area contributed by atoms with Gasteiger partial charge in [-0.25, -0.2) is 0 Å². The molecule has 1 rings (SSSR count). The van der Waals surface area contributed by atoms with E-state index in [0.717, 1.165) is 12.0 Å². The fraction of sp³-hybridized carbons (Fsp3) is 0.400. The molecule has 1 aromatic carbocycles. The Bertz CT molecular complexity index is 211. The maximum atomic E-state index is 9.00. The highest BCUT2D eigenvalue weighted by molar-refractivity contribution is 5.27. The molecule has 0 amide bonds. The van der Waals surface area contributed by atoms with Crippen molar-refractivity contribution in [2.75, 3.05) is 6.54 Å². The third-order valence-electron chi connectivity index (χ3n) is 1.34. The molecule has 12 heavy (non-hydrogen) atoms. The summed E-state index contributed by atoms with van der Waals surface area (Å²) in [6, 6.07) is 7.15. The molecule has 0 saturated carbocycles. The molecule has 0 aromatic heterocycles. The standard InChI is InChI=1S/C8H11NO.C2H6/c9-5-4-7-2-1-3-8(10)6-7;1-2/h1-3,6,10H,4-5,9H2;1-2H3. The Labute approximate surface area is 74.0 Å². The predicted molar refractivity (Wildman–Crippen MR) is 52.2 cm³/mol. The fourth-order valence-corrected chi connectivity index (χ4v) is 0.879. The summed E-state index contributed by atoms with van der Waals surface area (Å²) in [7, 11) is 0. The van der Waals surface area contributed by atoms with Gasteiger partial charge in [-0.2, -0.15) is 0 Å². The number of hydrogen-bond acceptors (Lipinski definition) is 2. The van der Waals surface area contributed by atoms with Crippen LogP contribution in [0.25, 0.3) is 0 Å². The molecule has 0 spiro atoms. The molecule has 0 heterocycles. The maximum Gasteiger partial charge on any atom is 0.115 e. The number of benzene rings is 1. The van der Waals surface area contributed by atoms with Crippen LogP contribution < -0.4 is 5.73 Å². The van der Waals surface area contributed by atoms with Crippen LogP contribution in [-0.2, 0) is 6.42 Å². The zero-order chi connectivity index (χ0) is 9.40. The molecule has 0 aliphatic carbocycles. The molecule has 0 atom stereocenters. The van der Waals surface area contributed by atoms with Gasteiger partial charge in [-0.3, -0.25) is 0 Å². The molecule has 0 saturated heterocycles. The van der Waals surface area contributed by atoms with Crippen LogP contribution in [0.15, 0.2) is 24.3 Å². The first kappa shape index (κ1) is 11.0. The summed E-state index contributed by atoms with van der Waals surface area (Å²) >= 11 is 0. The average Bonchev–Trinajstić information content (AvgIpc) is 2.09. The average molecular weight is 167 g/mol. The second-order valence-electron chi connectivity index (χ2n) is 2.21. The first-order chi connectivity index (χ1) is 5.83. The molecule has 1 aromatic rings. The van der Waals surface area contributed by atoms with Crippen molar-refractivity contribution >= 4 is 0 Å². The Balaban J connectivity index is 0.000000561. The third kappa shape index (κ3) is 3.98. The van der Waals surface area contributed by atoms with E-state index in [2.05, 4.69) is 0 Å². The summed E-state index contributed by atoms with van der Waals surface area (Å²) in [5.74, 6) is 0.311. The second kappa shape index (κ2) is 6.68. The SMILES string of the molecule is CC.NCCc1cccc(O)c1. The van der Waals surface area contributed by atoms with Gasteiger partial charge in [-0.1, -0.05) is 26.0 Å². The number of phenolic OH excluding ortho intramolecular Hbond substituents is 1. The molecule has 0 unspecified atom stereocenters. The lowest BCUT2D eigenvalue weighted by Crippen LogP contribution is -2.01. The molecule has 2 heteroatoms. The Hall–Kier alpha value is -1.02. The molecular weight excluding hydrogens is 150 g/mol. The highest BCUT2D eigenvalue weighted by Crippen LogP contribution is 2.10. The summed E-state index contributed by atoms with van der Waals surface area (Å²) in [4.78, 5) is 0. The molecule has 68 valence electrons. The van der Waals surface area contributed by atoms with Gasteiger partial charge in [0.25, 0.3) is 0 Å². The summed E-state index contributed by atoms with van der Waals surface area (Å²) < 4.78 is 0. The Morgan fingerprint density at radius 1 is 1.33 bits per heavy atom. The third-order valence-corrected chi connectivity index (χ3v) is 1.34. The molecule has 3 N–H and O–H groups in total. The fourth-order valence-electron chi connectivity index (χ4n) is 0.879. The van der Waals surface area contributed by atoms with Crippen molar-refractivity contribution in [1.82, 2.24) is 0 Å². The van der Waals surface area contributed by atoms with Crippen molar-refractivity contribution in [3.05, 3.63) is 29.8 Å². The van der Waals surface area contributed by atoms with E-state index < -0.39 is 0 Å². The van der Waals surface area contributed by atoms with E-state index in [1.165, 1.54) is 0 Å². The highest BCUT2D eigenvalue weighted by Gasteiger charge is 1.90. The van der Waals surface area contributed by atoms with Crippen LogP contribution in [0.1, 0.15) is 19.4 Å². The van der Waals surface area contributed by atoms with Gasteiger partial charge in [0.1, 0.15) is 5.75 Å². The molecule has 0 bridgehead atoms. The van der Waals surface area contributed by atoms with E-state index in [1.54, 1.807) is 12.1 Å². The summed E-state index contributed by atoms with van der Waals surface area (Å²) in [6.45, 7) is 4.63. The van der Waals surface area contributed by atoms with Crippen molar-refractivity contribution < 1.29 is 5.11 Å². The van der Waals surface area contributed by atoms with Crippen LogP contribution in [0.3, 0.4) is 0 Å². The number of phenols is 1. The molecule has 2 nitrogen and oxygen atoms in total. The van der Waals surface area contributed by atoms with Crippen molar-refractivity contribution in [2.45, 2.75) is 20.3 Å². The van der Waals surface area contributed by atoms with Crippen LogP contribution in [0.4, 0.5) is 0 Å². The van der Waals surface area contributed by atoms with Gasteiger partial charge in [-0.05, 0) is 30.7 Å². The highest BCUT2D eigenvalue weighted by atomic mass is 16.3. The zero-order valence-electron chi connectivity index (χ0n) is 7.75. The minimum Gasteiger partial charge on any atom is -0.508 e. The minimum atomic E-state index is 0.311. The van der Waals surface area contributed by atoms with Gasteiger partial charge in [0.05, 0.1) is 0 Å². The van der Waals surface area contributed by atoms with Crippen LogP contribution >= 0.6 is 0 Å². The van der Waals surface area contributed by atoms with Gasteiger partial charge in [0.15, 0.2) is 0 Å². The van der Waals surface area contributed by atoms with E-state index in [9.17, 15) is 0 Å². The number of hydrogen-bond donors (Lipinski definition) is 2. The van der Waals surface area contributed by atoms with Crippen LogP contribution in [0, 0.1) is 0 Å². The number of rotatable bonds is 2. The largest absolute Gasteiger partial charge is 0.508 e. The van der Waals surface area contributed by atoms with Gasteiger partial charge < -0.3 is 10.8 Å². The van der Waals surface area contributed by atoms with E-state index in [1.807, 2.05) is 26.0 Å². The lowest BCUT2D eigenvalue weighted by molar-refractivity contribution is 0.474. The van der Waals surface area contributed by atoms with Crippen molar-refractivity contribution in [1.29, 1.82) is 0 Å². The zero-order valence-corrected chi connectivity index (χ0v) is 7.75. The molecular formula is C10H17NO. The van der Waals surface area contributed by atoms with Gasteiger partial charge >= 0.3 is 0 Å². The van der Waals surface area contributed by atoms with E-state index in [4.69, 9.17) is 10.8 Å². The quantitative estimate of drug-likeness (QED) is 0.707. The van der Waals surface area contributed by atoms with Crippen molar-refractivity contribution in [3.8, 4) is 5.75 Å². The molecule has 0 fully saturated rings. The van der Waals surface area contributed by atoms with Crippen LogP contribution in [0.5, 0.6) is 5.75 Å². The first-order valence-electron chi connectivity index (χ1n) is 4.31. The van der Waals surface area contributed by atoms with E-state index in [-0.39, 0.29) is 0 Å². The van der Waals surface area contributed by atoms with Gasteiger partial charge in [-0.15, -0.1) is 0 Å². The Morgan fingerprint density at radius 2 is 2.00 bits per heavy atom. The van der Waals surface area contributed by atoms with Crippen molar-refractivity contribution in [2.24, 2.45) is 5.73 Å².